The molecule has 9 heavy (non-hydrogen) atoms. The SMILES string of the molecule is C[C@@H]1OC(=O)C(C)(C)O1. The van der Waals surface area contributed by atoms with Crippen LogP contribution in [0.15, 0.2) is 0 Å². The average Bonchev–Trinajstić information content (AvgIpc) is 1.79. The number of carbonyl (C=O) groups excluding carboxylic acids is 1. The van der Waals surface area contributed by atoms with Crippen molar-refractivity contribution in [2.45, 2.75) is 32.7 Å². The topological polar surface area (TPSA) is 35.5 Å². The van der Waals surface area contributed by atoms with E-state index in [2.05, 4.69) is 0 Å². The summed E-state index contributed by atoms with van der Waals surface area (Å²) in [5, 5.41) is 0. The Morgan fingerprint density at radius 2 is 2.11 bits per heavy atom. The maximum Gasteiger partial charge on any atom is 0.340 e. The molecule has 0 aliphatic carbocycles. The van der Waals surface area contributed by atoms with Crippen molar-refractivity contribution in [3.63, 3.8) is 0 Å². The first-order chi connectivity index (χ1) is 4.02. The van der Waals surface area contributed by atoms with Gasteiger partial charge in [-0.05, 0) is 20.8 Å². The molecule has 1 atom stereocenters. The van der Waals surface area contributed by atoms with Crippen molar-refractivity contribution in [2.75, 3.05) is 0 Å². The third kappa shape index (κ3) is 1.05. The van der Waals surface area contributed by atoms with Crippen LogP contribution in [0.3, 0.4) is 0 Å². The van der Waals surface area contributed by atoms with Crippen molar-refractivity contribution in [1.82, 2.24) is 0 Å². The molecule has 0 radical (unpaired) electrons. The molecule has 0 unspecified atom stereocenters. The first kappa shape index (κ1) is 6.55. The molecule has 1 heterocycles. The molecule has 3 nitrogen and oxygen atoms in total. The van der Waals surface area contributed by atoms with Crippen LogP contribution in [0.4, 0.5) is 0 Å². The van der Waals surface area contributed by atoms with E-state index >= 15 is 0 Å². The summed E-state index contributed by atoms with van der Waals surface area (Å²) in [6.45, 7) is 5.09. The summed E-state index contributed by atoms with van der Waals surface area (Å²) in [4.78, 5) is 10.8. The second-order valence-electron chi connectivity index (χ2n) is 2.60. The highest BCUT2D eigenvalue weighted by molar-refractivity contribution is 5.79. The van der Waals surface area contributed by atoms with E-state index in [4.69, 9.17) is 9.47 Å². The summed E-state index contributed by atoms with van der Waals surface area (Å²) in [7, 11) is 0. The lowest BCUT2D eigenvalue weighted by Gasteiger charge is -2.09. The molecule has 0 aromatic heterocycles. The van der Waals surface area contributed by atoms with Gasteiger partial charge < -0.3 is 9.47 Å². The Balaban J connectivity index is 2.70. The lowest BCUT2D eigenvalue weighted by Crippen LogP contribution is -2.27. The summed E-state index contributed by atoms with van der Waals surface area (Å²) < 4.78 is 9.80. The van der Waals surface area contributed by atoms with E-state index in [9.17, 15) is 4.79 Å². The minimum atomic E-state index is -0.737. The van der Waals surface area contributed by atoms with E-state index < -0.39 is 5.60 Å². The second-order valence-corrected chi connectivity index (χ2v) is 2.60. The van der Waals surface area contributed by atoms with Gasteiger partial charge in [-0.3, -0.25) is 0 Å². The highest BCUT2D eigenvalue weighted by atomic mass is 16.8. The number of cyclic esters (lactones) is 1. The molecule has 3 heteroatoms. The molecule has 1 aliphatic rings. The molecule has 0 N–H and O–H groups in total. The smallest absolute Gasteiger partial charge is 0.340 e. The summed E-state index contributed by atoms with van der Waals surface area (Å²) in [6.07, 6.45) is -0.382. The lowest BCUT2D eigenvalue weighted by molar-refractivity contribution is -0.144. The number of hydrogen-bond donors (Lipinski definition) is 0. The zero-order chi connectivity index (χ0) is 7.07. The van der Waals surface area contributed by atoms with E-state index in [1.54, 1.807) is 20.8 Å². The van der Waals surface area contributed by atoms with E-state index in [0.717, 1.165) is 0 Å². The van der Waals surface area contributed by atoms with E-state index in [0.29, 0.717) is 0 Å². The molecule has 1 saturated heterocycles. The van der Waals surface area contributed by atoms with E-state index in [-0.39, 0.29) is 12.3 Å². The molecule has 0 aromatic rings. The summed E-state index contributed by atoms with van der Waals surface area (Å²) in [5.74, 6) is -0.282. The van der Waals surface area contributed by atoms with Crippen LogP contribution in [0.5, 0.6) is 0 Å². The van der Waals surface area contributed by atoms with Gasteiger partial charge in [0.1, 0.15) is 0 Å². The summed E-state index contributed by atoms with van der Waals surface area (Å²) >= 11 is 0. The van der Waals surface area contributed by atoms with Crippen molar-refractivity contribution in [1.29, 1.82) is 0 Å². The zero-order valence-electron chi connectivity index (χ0n) is 5.80. The Bertz CT molecular complexity index is 139. The fraction of sp³-hybridized carbons (Fsp3) is 0.833. The number of hydrogen-bond acceptors (Lipinski definition) is 3. The van der Waals surface area contributed by atoms with E-state index in [1.807, 2.05) is 0 Å². The lowest BCUT2D eigenvalue weighted by atomic mass is 10.1. The van der Waals surface area contributed by atoms with E-state index in [1.165, 1.54) is 0 Å². The van der Waals surface area contributed by atoms with Crippen molar-refractivity contribution in [2.24, 2.45) is 0 Å². The van der Waals surface area contributed by atoms with Crippen LogP contribution in [-0.4, -0.2) is 17.9 Å². The Kier molecular flexibility index (Phi) is 1.24. The Morgan fingerprint density at radius 1 is 1.56 bits per heavy atom. The molecular formula is C6H10O3. The minimum Gasteiger partial charge on any atom is -0.434 e. The molecule has 0 aromatic carbocycles. The minimum absolute atomic E-state index is 0.282. The van der Waals surface area contributed by atoms with Crippen LogP contribution < -0.4 is 0 Å². The molecule has 0 saturated carbocycles. The van der Waals surface area contributed by atoms with Crippen LogP contribution in [-0.2, 0) is 14.3 Å². The monoisotopic (exact) mass is 130 g/mol. The average molecular weight is 130 g/mol. The quantitative estimate of drug-likeness (QED) is 0.452. The fourth-order valence-corrected chi connectivity index (χ4v) is 0.780. The van der Waals surface area contributed by atoms with Crippen molar-refractivity contribution in [3.8, 4) is 0 Å². The molecule has 0 bridgehead atoms. The first-order valence-electron chi connectivity index (χ1n) is 2.91. The zero-order valence-corrected chi connectivity index (χ0v) is 5.80. The molecule has 52 valence electrons. The van der Waals surface area contributed by atoms with Crippen molar-refractivity contribution >= 4 is 5.97 Å². The van der Waals surface area contributed by atoms with Gasteiger partial charge in [-0.25, -0.2) is 4.79 Å². The number of ether oxygens (including phenoxy) is 2. The Morgan fingerprint density at radius 3 is 2.22 bits per heavy atom. The molecule has 1 rings (SSSR count). The molecule has 0 spiro atoms. The Hall–Kier alpha value is -0.570. The second kappa shape index (κ2) is 1.70. The van der Waals surface area contributed by atoms with Crippen LogP contribution in [0, 0.1) is 0 Å². The van der Waals surface area contributed by atoms with Gasteiger partial charge in [-0.2, -0.15) is 0 Å². The normalized spacial score (nSPS) is 32.3. The summed E-state index contributed by atoms with van der Waals surface area (Å²) in [5.41, 5.74) is -0.737. The van der Waals surface area contributed by atoms with Gasteiger partial charge in [0.25, 0.3) is 0 Å². The van der Waals surface area contributed by atoms with Gasteiger partial charge in [-0.1, -0.05) is 0 Å². The molecule has 0 amide bonds. The third-order valence-corrected chi connectivity index (χ3v) is 1.23. The van der Waals surface area contributed by atoms with Gasteiger partial charge in [0.15, 0.2) is 5.60 Å². The maximum atomic E-state index is 10.8. The first-order valence-corrected chi connectivity index (χ1v) is 2.91. The van der Waals surface area contributed by atoms with Crippen LogP contribution in [0.1, 0.15) is 20.8 Å². The van der Waals surface area contributed by atoms with Crippen LogP contribution in [0.2, 0.25) is 0 Å². The number of carbonyl (C=O) groups is 1. The van der Waals surface area contributed by atoms with Gasteiger partial charge in [-0.15, -0.1) is 0 Å². The largest absolute Gasteiger partial charge is 0.434 e. The molecule has 1 aliphatic heterocycles. The molecular weight excluding hydrogens is 120 g/mol. The van der Waals surface area contributed by atoms with Crippen LogP contribution >= 0.6 is 0 Å². The maximum absolute atomic E-state index is 10.8. The van der Waals surface area contributed by atoms with Crippen LogP contribution in [0.25, 0.3) is 0 Å². The van der Waals surface area contributed by atoms with Crippen molar-refractivity contribution in [3.05, 3.63) is 0 Å². The van der Waals surface area contributed by atoms with Gasteiger partial charge >= 0.3 is 5.97 Å². The van der Waals surface area contributed by atoms with Gasteiger partial charge in [0.05, 0.1) is 0 Å². The molecule has 1 fully saturated rings. The summed E-state index contributed by atoms with van der Waals surface area (Å²) in [6, 6.07) is 0. The predicted octanol–water partition coefficient (Wildman–Crippen LogP) is 0.684. The van der Waals surface area contributed by atoms with Gasteiger partial charge in [0.2, 0.25) is 6.29 Å². The van der Waals surface area contributed by atoms with Crippen molar-refractivity contribution < 1.29 is 14.3 Å². The standard InChI is InChI=1S/C6H10O3/c1-4-8-5(7)6(2,3)9-4/h4H,1-3H3/t4-/m1/s1. The van der Waals surface area contributed by atoms with Gasteiger partial charge in [0, 0.05) is 0 Å². The highest BCUT2D eigenvalue weighted by Crippen LogP contribution is 2.22. The Labute approximate surface area is 53.9 Å². The number of rotatable bonds is 0. The fourth-order valence-electron chi connectivity index (χ4n) is 0.780. The third-order valence-electron chi connectivity index (χ3n) is 1.23. The predicted molar refractivity (Wildman–Crippen MR) is 30.7 cm³/mol. The highest BCUT2D eigenvalue weighted by Gasteiger charge is 2.40. The number of esters is 1.